The molecule has 2 unspecified atom stereocenters. The number of likely N-dealkylation sites (N-methyl/N-ethyl adjacent to an activating group) is 1. The molecule has 2 aliphatic rings. The zero-order valence-corrected chi connectivity index (χ0v) is 11.6. The van der Waals surface area contributed by atoms with Crippen molar-refractivity contribution >= 4 is 11.6 Å². The second kappa shape index (κ2) is 5.81. The van der Waals surface area contributed by atoms with Gasteiger partial charge in [-0.15, -0.1) is 0 Å². The molecule has 1 aromatic carbocycles. The Balaban J connectivity index is 1.67. The Morgan fingerprint density at radius 2 is 2.40 bits per heavy atom. The number of hydrogen-bond donors (Lipinski definition) is 2. The second-order valence-electron chi connectivity index (χ2n) is 5.18. The lowest BCUT2D eigenvalue weighted by Gasteiger charge is -2.13. The van der Waals surface area contributed by atoms with Crippen molar-refractivity contribution in [1.29, 1.82) is 0 Å². The molecule has 1 amide bonds. The minimum absolute atomic E-state index is 0.00173. The maximum Gasteiger partial charge on any atom is 0.246 e. The molecule has 0 bridgehead atoms. The summed E-state index contributed by atoms with van der Waals surface area (Å²) in [6, 6.07) is 5.51. The molecule has 5 nitrogen and oxygen atoms in total. The zero-order chi connectivity index (χ0) is 13.9. The Labute approximate surface area is 118 Å². The van der Waals surface area contributed by atoms with Gasteiger partial charge in [-0.1, -0.05) is 13.0 Å². The van der Waals surface area contributed by atoms with Crippen LogP contribution in [0.2, 0.25) is 0 Å². The Hall–Kier alpha value is -1.59. The van der Waals surface area contributed by atoms with E-state index in [0.717, 1.165) is 43.0 Å². The van der Waals surface area contributed by atoms with E-state index < -0.39 is 0 Å². The lowest BCUT2D eigenvalue weighted by atomic mass is 10.1. The monoisotopic (exact) mass is 276 g/mol. The number of fused-ring (bicyclic) bond motifs is 1. The first-order valence-corrected chi connectivity index (χ1v) is 7.20. The van der Waals surface area contributed by atoms with Crippen molar-refractivity contribution < 1.29 is 14.3 Å². The summed E-state index contributed by atoms with van der Waals surface area (Å²) in [6.45, 7) is 4.15. The lowest BCUT2D eigenvalue weighted by molar-refractivity contribution is -0.117. The minimum atomic E-state index is -0.248. The number of hydrogen-bond acceptors (Lipinski definition) is 4. The molecule has 2 N–H and O–H groups in total. The van der Waals surface area contributed by atoms with Gasteiger partial charge < -0.3 is 20.1 Å². The van der Waals surface area contributed by atoms with Crippen molar-refractivity contribution in [2.75, 3.05) is 25.1 Å². The molecule has 1 saturated heterocycles. The average Bonchev–Trinajstić information content (AvgIpc) is 3.05. The number of rotatable bonds is 5. The summed E-state index contributed by atoms with van der Waals surface area (Å²) in [7, 11) is 0. The highest BCUT2D eigenvalue weighted by Gasteiger charge is 2.29. The van der Waals surface area contributed by atoms with Crippen LogP contribution in [0, 0.1) is 0 Å². The van der Waals surface area contributed by atoms with Gasteiger partial charge in [0.1, 0.15) is 18.4 Å². The number of amides is 1. The van der Waals surface area contributed by atoms with Gasteiger partial charge in [-0.25, -0.2) is 0 Å². The van der Waals surface area contributed by atoms with Crippen LogP contribution in [-0.2, 0) is 9.53 Å². The molecule has 0 radical (unpaired) electrons. The van der Waals surface area contributed by atoms with Gasteiger partial charge in [0.15, 0.2) is 0 Å². The molecule has 3 rings (SSSR count). The van der Waals surface area contributed by atoms with Crippen molar-refractivity contribution in [2.24, 2.45) is 0 Å². The molecular formula is C15H20N2O3. The average molecular weight is 276 g/mol. The van der Waals surface area contributed by atoms with E-state index in [1.807, 2.05) is 25.1 Å². The van der Waals surface area contributed by atoms with E-state index in [0.29, 0.717) is 6.61 Å². The largest absolute Gasteiger partial charge is 0.491 e. The van der Waals surface area contributed by atoms with Gasteiger partial charge in [-0.3, -0.25) is 4.79 Å². The second-order valence-corrected chi connectivity index (χ2v) is 5.18. The lowest BCUT2D eigenvalue weighted by Crippen LogP contribution is -2.27. The molecule has 2 aliphatic heterocycles. The van der Waals surface area contributed by atoms with Crippen LogP contribution in [0.25, 0.3) is 0 Å². The van der Waals surface area contributed by atoms with Crippen LogP contribution in [0.5, 0.6) is 5.75 Å². The maximum atomic E-state index is 11.9. The maximum absolute atomic E-state index is 11.9. The zero-order valence-electron chi connectivity index (χ0n) is 11.6. The topological polar surface area (TPSA) is 59.6 Å². The van der Waals surface area contributed by atoms with Gasteiger partial charge >= 0.3 is 0 Å². The quantitative estimate of drug-likeness (QED) is 0.861. The first kappa shape index (κ1) is 13.4. The third kappa shape index (κ3) is 2.64. The van der Waals surface area contributed by atoms with Gasteiger partial charge in [0.25, 0.3) is 0 Å². The van der Waals surface area contributed by atoms with Crippen LogP contribution in [0.1, 0.15) is 31.4 Å². The molecule has 1 fully saturated rings. The van der Waals surface area contributed by atoms with E-state index in [1.165, 1.54) is 0 Å². The molecule has 0 aliphatic carbocycles. The fraction of sp³-hybridized carbons (Fsp3) is 0.533. The SMILES string of the molecule is CCNC1C(=O)Nc2cc(OCC3CCCO3)ccc21. The fourth-order valence-electron chi connectivity index (χ4n) is 2.70. The number of benzene rings is 1. The third-order valence-electron chi connectivity index (χ3n) is 3.72. The standard InChI is InChI=1S/C15H20N2O3/c1-2-16-14-12-6-5-10(8-13(12)17-15(14)18)20-9-11-4-3-7-19-11/h5-6,8,11,14,16H,2-4,7,9H2,1H3,(H,17,18). The van der Waals surface area contributed by atoms with E-state index in [2.05, 4.69) is 10.6 Å². The molecule has 2 atom stereocenters. The molecule has 108 valence electrons. The van der Waals surface area contributed by atoms with Crippen LogP contribution >= 0.6 is 0 Å². The summed E-state index contributed by atoms with van der Waals surface area (Å²) in [5.74, 6) is 0.773. The van der Waals surface area contributed by atoms with Crippen molar-refractivity contribution in [3.8, 4) is 5.75 Å². The number of ether oxygens (including phenoxy) is 2. The number of nitrogens with one attached hydrogen (secondary N) is 2. The van der Waals surface area contributed by atoms with Crippen LogP contribution < -0.4 is 15.4 Å². The van der Waals surface area contributed by atoms with Crippen molar-refractivity contribution in [1.82, 2.24) is 5.32 Å². The summed E-state index contributed by atoms with van der Waals surface area (Å²) in [4.78, 5) is 11.9. The van der Waals surface area contributed by atoms with Crippen LogP contribution in [-0.4, -0.2) is 31.8 Å². The van der Waals surface area contributed by atoms with Crippen LogP contribution in [0.15, 0.2) is 18.2 Å². The summed E-state index contributed by atoms with van der Waals surface area (Å²) in [6.07, 6.45) is 2.37. The van der Waals surface area contributed by atoms with Crippen molar-refractivity contribution in [3.63, 3.8) is 0 Å². The van der Waals surface area contributed by atoms with E-state index >= 15 is 0 Å². The summed E-state index contributed by atoms with van der Waals surface area (Å²) >= 11 is 0. The first-order valence-electron chi connectivity index (χ1n) is 7.20. The van der Waals surface area contributed by atoms with Gasteiger partial charge in [-0.05, 0) is 25.5 Å². The van der Waals surface area contributed by atoms with E-state index in [9.17, 15) is 4.79 Å². The molecule has 2 heterocycles. The normalized spacial score (nSPS) is 24.6. The Morgan fingerprint density at radius 3 is 3.15 bits per heavy atom. The summed E-state index contributed by atoms with van der Waals surface area (Å²) < 4.78 is 11.3. The molecule has 0 aromatic heterocycles. The van der Waals surface area contributed by atoms with Crippen molar-refractivity contribution in [3.05, 3.63) is 23.8 Å². The Kier molecular flexibility index (Phi) is 3.89. The summed E-state index contributed by atoms with van der Waals surface area (Å²) in [5.41, 5.74) is 1.83. The fourth-order valence-corrected chi connectivity index (χ4v) is 2.70. The highest BCUT2D eigenvalue weighted by Crippen LogP contribution is 2.33. The Bertz CT molecular complexity index is 498. The predicted octanol–water partition coefficient (Wildman–Crippen LogP) is 1.85. The summed E-state index contributed by atoms with van der Waals surface area (Å²) in [5, 5.41) is 6.06. The molecule has 0 spiro atoms. The highest BCUT2D eigenvalue weighted by molar-refractivity contribution is 6.02. The van der Waals surface area contributed by atoms with Crippen LogP contribution in [0.4, 0.5) is 5.69 Å². The van der Waals surface area contributed by atoms with Gasteiger partial charge in [0.2, 0.25) is 5.91 Å². The molecule has 1 aromatic rings. The van der Waals surface area contributed by atoms with E-state index in [1.54, 1.807) is 0 Å². The molecule has 5 heteroatoms. The number of anilines is 1. The number of carbonyl (C=O) groups excluding carboxylic acids is 1. The smallest absolute Gasteiger partial charge is 0.246 e. The van der Waals surface area contributed by atoms with Crippen LogP contribution in [0.3, 0.4) is 0 Å². The van der Waals surface area contributed by atoms with E-state index in [-0.39, 0.29) is 18.1 Å². The predicted molar refractivity (Wildman–Crippen MR) is 76.0 cm³/mol. The number of carbonyl (C=O) groups is 1. The highest BCUT2D eigenvalue weighted by atomic mass is 16.5. The van der Waals surface area contributed by atoms with Gasteiger partial charge in [0.05, 0.1) is 6.10 Å². The first-order chi connectivity index (χ1) is 9.78. The van der Waals surface area contributed by atoms with E-state index in [4.69, 9.17) is 9.47 Å². The molecular weight excluding hydrogens is 256 g/mol. The minimum Gasteiger partial charge on any atom is -0.491 e. The molecule has 0 saturated carbocycles. The molecule has 20 heavy (non-hydrogen) atoms. The Morgan fingerprint density at radius 1 is 1.50 bits per heavy atom. The van der Waals surface area contributed by atoms with Crippen molar-refractivity contribution in [2.45, 2.75) is 31.9 Å². The third-order valence-corrected chi connectivity index (χ3v) is 3.72. The van der Waals surface area contributed by atoms with Gasteiger partial charge in [0, 0.05) is 23.9 Å². The van der Waals surface area contributed by atoms with Gasteiger partial charge in [-0.2, -0.15) is 0 Å².